The molecule has 0 aliphatic carbocycles. The molecule has 7 heteroatoms. The second-order valence-corrected chi connectivity index (χ2v) is 7.35. The van der Waals surface area contributed by atoms with Crippen LogP contribution in [0.3, 0.4) is 0 Å². The van der Waals surface area contributed by atoms with Crippen molar-refractivity contribution in [1.29, 1.82) is 0 Å². The molecule has 1 fully saturated rings. The SMILES string of the molecule is CNCC1CCCN(S(=O)(=O)NCC(C)N(C)C)C1. The van der Waals surface area contributed by atoms with Crippen LogP contribution in [-0.2, 0) is 10.2 Å². The summed E-state index contributed by atoms with van der Waals surface area (Å²) in [5, 5.41) is 3.13. The number of rotatable bonds is 7. The van der Waals surface area contributed by atoms with Gasteiger partial charge in [0.2, 0.25) is 0 Å². The summed E-state index contributed by atoms with van der Waals surface area (Å²) in [5.74, 6) is 0.418. The Kier molecular flexibility index (Phi) is 6.68. The molecule has 114 valence electrons. The lowest BCUT2D eigenvalue weighted by Gasteiger charge is -2.32. The molecule has 1 heterocycles. The molecular weight excluding hydrogens is 264 g/mol. The van der Waals surface area contributed by atoms with Gasteiger partial charge >= 0.3 is 0 Å². The lowest BCUT2D eigenvalue weighted by atomic mass is 10.00. The van der Waals surface area contributed by atoms with E-state index in [0.717, 1.165) is 19.4 Å². The highest BCUT2D eigenvalue weighted by Crippen LogP contribution is 2.17. The molecule has 19 heavy (non-hydrogen) atoms. The highest BCUT2D eigenvalue weighted by molar-refractivity contribution is 7.87. The molecule has 1 aliphatic heterocycles. The molecule has 0 aromatic rings. The van der Waals surface area contributed by atoms with Crippen LogP contribution in [0.1, 0.15) is 19.8 Å². The van der Waals surface area contributed by atoms with Gasteiger partial charge in [0, 0.05) is 25.7 Å². The monoisotopic (exact) mass is 292 g/mol. The highest BCUT2D eigenvalue weighted by atomic mass is 32.2. The fourth-order valence-electron chi connectivity index (χ4n) is 2.20. The van der Waals surface area contributed by atoms with Gasteiger partial charge < -0.3 is 10.2 Å². The first-order chi connectivity index (χ1) is 8.86. The van der Waals surface area contributed by atoms with Gasteiger partial charge in [-0.2, -0.15) is 12.7 Å². The van der Waals surface area contributed by atoms with Gasteiger partial charge in [-0.1, -0.05) is 0 Å². The predicted molar refractivity (Wildman–Crippen MR) is 78.3 cm³/mol. The summed E-state index contributed by atoms with van der Waals surface area (Å²) in [6, 6.07) is 0.188. The Hall–Kier alpha value is -0.210. The molecule has 1 rings (SSSR count). The fourth-order valence-corrected chi connectivity index (χ4v) is 3.61. The van der Waals surface area contributed by atoms with Crippen LogP contribution in [0.2, 0.25) is 0 Å². The summed E-state index contributed by atoms with van der Waals surface area (Å²) >= 11 is 0. The van der Waals surface area contributed by atoms with Crippen molar-refractivity contribution in [3.8, 4) is 0 Å². The van der Waals surface area contributed by atoms with Crippen LogP contribution in [0.5, 0.6) is 0 Å². The Morgan fingerprint density at radius 1 is 1.42 bits per heavy atom. The van der Waals surface area contributed by atoms with Crippen LogP contribution >= 0.6 is 0 Å². The fraction of sp³-hybridized carbons (Fsp3) is 1.00. The van der Waals surface area contributed by atoms with Crippen LogP contribution in [0.15, 0.2) is 0 Å². The topological polar surface area (TPSA) is 64.7 Å². The number of likely N-dealkylation sites (N-methyl/N-ethyl adjacent to an activating group) is 1. The van der Waals surface area contributed by atoms with Crippen molar-refractivity contribution in [2.75, 3.05) is 47.3 Å². The first kappa shape index (κ1) is 16.8. The lowest BCUT2D eigenvalue weighted by molar-refractivity contribution is 0.258. The van der Waals surface area contributed by atoms with Crippen LogP contribution in [-0.4, -0.2) is 71.0 Å². The van der Waals surface area contributed by atoms with Gasteiger partial charge in [0.25, 0.3) is 10.2 Å². The van der Waals surface area contributed by atoms with Gasteiger partial charge in [0.15, 0.2) is 0 Å². The molecule has 2 unspecified atom stereocenters. The summed E-state index contributed by atoms with van der Waals surface area (Å²) in [6.45, 7) is 4.57. The van der Waals surface area contributed by atoms with Crippen LogP contribution in [0, 0.1) is 5.92 Å². The number of nitrogens with zero attached hydrogens (tertiary/aromatic N) is 2. The van der Waals surface area contributed by atoms with Gasteiger partial charge in [0.05, 0.1) is 0 Å². The third kappa shape index (κ3) is 5.35. The molecule has 0 amide bonds. The van der Waals surface area contributed by atoms with E-state index < -0.39 is 10.2 Å². The van der Waals surface area contributed by atoms with Crippen molar-refractivity contribution < 1.29 is 8.42 Å². The molecule has 0 radical (unpaired) electrons. The largest absolute Gasteiger partial charge is 0.319 e. The van der Waals surface area contributed by atoms with E-state index in [1.807, 2.05) is 33.0 Å². The molecule has 0 spiro atoms. The lowest BCUT2D eigenvalue weighted by Crippen LogP contribution is -2.49. The van der Waals surface area contributed by atoms with Gasteiger partial charge in [-0.15, -0.1) is 0 Å². The average Bonchev–Trinajstić information content (AvgIpc) is 2.36. The standard InChI is InChI=1S/C12H28N4O2S/c1-11(15(3)4)8-14-19(17,18)16-7-5-6-12(10-16)9-13-2/h11-14H,5-10H2,1-4H3. The summed E-state index contributed by atoms with van der Waals surface area (Å²) < 4.78 is 28.8. The van der Waals surface area contributed by atoms with Crippen LogP contribution < -0.4 is 10.0 Å². The van der Waals surface area contributed by atoms with E-state index in [0.29, 0.717) is 25.6 Å². The van der Waals surface area contributed by atoms with E-state index in [1.54, 1.807) is 4.31 Å². The molecule has 6 nitrogen and oxygen atoms in total. The molecule has 0 bridgehead atoms. The second kappa shape index (κ2) is 7.54. The molecule has 2 atom stereocenters. The minimum Gasteiger partial charge on any atom is -0.319 e. The van der Waals surface area contributed by atoms with Crippen molar-refractivity contribution in [3.63, 3.8) is 0 Å². The molecule has 0 aromatic heterocycles. The molecule has 0 aromatic carbocycles. The van der Waals surface area contributed by atoms with E-state index in [-0.39, 0.29) is 6.04 Å². The maximum atomic E-state index is 12.2. The predicted octanol–water partition coefficient (Wildman–Crippen LogP) is -0.298. The van der Waals surface area contributed by atoms with Gasteiger partial charge in [-0.25, -0.2) is 4.72 Å². The Morgan fingerprint density at radius 3 is 2.68 bits per heavy atom. The van der Waals surface area contributed by atoms with E-state index >= 15 is 0 Å². The Morgan fingerprint density at radius 2 is 2.11 bits per heavy atom. The van der Waals surface area contributed by atoms with Gasteiger partial charge in [-0.05, 0) is 53.4 Å². The summed E-state index contributed by atoms with van der Waals surface area (Å²) in [7, 11) is 2.47. The highest BCUT2D eigenvalue weighted by Gasteiger charge is 2.28. The number of hydrogen-bond acceptors (Lipinski definition) is 4. The quantitative estimate of drug-likeness (QED) is 0.676. The van der Waals surface area contributed by atoms with E-state index in [1.165, 1.54) is 0 Å². The van der Waals surface area contributed by atoms with E-state index in [9.17, 15) is 8.42 Å². The first-order valence-electron chi connectivity index (χ1n) is 6.92. The zero-order valence-electron chi connectivity index (χ0n) is 12.5. The third-order valence-corrected chi connectivity index (χ3v) is 5.30. The van der Waals surface area contributed by atoms with Crippen LogP contribution in [0.25, 0.3) is 0 Å². The third-order valence-electron chi connectivity index (χ3n) is 3.76. The zero-order valence-corrected chi connectivity index (χ0v) is 13.3. The van der Waals surface area contributed by atoms with Gasteiger partial charge in [0.1, 0.15) is 0 Å². The number of piperidine rings is 1. The zero-order chi connectivity index (χ0) is 14.5. The van der Waals surface area contributed by atoms with Crippen molar-refractivity contribution in [1.82, 2.24) is 19.2 Å². The Labute approximate surface area is 117 Å². The van der Waals surface area contributed by atoms with Crippen molar-refractivity contribution in [2.24, 2.45) is 5.92 Å². The van der Waals surface area contributed by atoms with Crippen LogP contribution in [0.4, 0.5) is 0 Å². The first-order valence-corrected chi connectivity index (χ1v) is 8.36. The second-order valence-electron chi connectivity index (χ2n) is 5.59. The molecule has 1 saturated heterocycles. The van der Waals surface area contributed by atoms with E-state index in [2.05, 4.69) is 10.0 Å². The number of nitrogens with one attached hydrogen (secondary N) is 2. The molecule has 2 N–H and O–H groups in total. The average molecular weight is 292 g/mol. The van der Waals surface area contributed by atoms with Crippen molar-refractivity contribution in [3.05, 3.63) is 0 Å². The minimum atomic E-state index is -3.33. The Balaban J connectivity index is 2.52. The molecular formula is C12H28N4O2S. The number of hydrogen-bond donors (Lipinski definition) is 2. The molecule has 1 aliphatic rings. The minimum absolute atomic E-state index is 0.188. The van der Waals surface area contributed by atoms with Crippen molar-refractivity contribution >= 4 is 10.2 Å². The van der Waals surface area contributed by atoms with Gasteiger partial charge in [-0.3, -0.25) is 0 Å². The van der Waals surface area contributed by atoms with Crippen molar-refractivity contribution in [2.45, 2.75) is 25.8 Å². The Bertz CT molecular complexity index is 357. The summed E-state index contributed by atoms with van der Waals surface area (Å²) in [4.78, 5) is 2.00. The smallest absolute Gasteiger partial charge is 0.279 e. The normalized spacial score (nSPS) is 23.7. The summed E-state index contributed by atoms with van der Waals surface area (Å²) in [6.07, 6.45) is 2.04. The maximum Gasteiger partial charge on any atom is 0.279 e. The van der Waals surface area contributed by atoms with E-state index in [4.69, 9.17) is 0 Å². The molecule has 0 saturated carbocycles. The summed E-state index contributed by atoms with van der Waals surface area (Å²) in [5.41, 5.74) is 0. The maximum absolute atomic E-state index is 12.2.